The molecule has 2 aromatic carbocycles. The molecule has 2 aliphatic rings. The Hall–Kier alpha value is -2.45. The van der Waals surface area contributed by atoms with Gasteiger partial charge in [-0.05, 0) is 49.2 Å². The third-order valence-corrected chi connectivity index (χ3v) is 7.65. The second-order valence-corrected chi connectivity index (χ2v) is 10.7. The predicted molar refractivity (Wildman–Crippen MR) is 127 cm³/mol. The minimum atomic E-state index is -3.54. The lowest BCUT2D eigenvalue weighted by Crippen LogP contribution is -2.52. The van der Waals surface area contributed by atoms with E-state index in [0.29, 0.717) is 29.5 Å². The zero-order chi connectivity index (χ0) is 23.0. The number of sulfonamides is 1. The molecule has 4 rings (SSSR count). The molecule has 9 heteroatoms. The summed E-state index contributed by atoms with van der Waals surface area (Å²) in [7, 11) is -3.54. The van der Waals surface area contributed by atoms with Crippen molar-refractivity contribution in [3.8, 4) is 5.75 Å². The van der Waals surface area contributed by atoms with Crippen LogP contribution in [0.3, 0.4) is 0 Å². The Morgan fingerprint density at radius 3 is 2.44 bits per heavy atom. The lowest BCUT2D eigenvalue weighted by molar-refractivity contribution is -0.139. The smallest absolute Gasteiger partial charge is 0.263 e. The fourth-order valence-corrected chi connectivity index (χ4v) is 5.42. The summed E-state index contributed by atoms with van der Waals surface area (Å²) in [4.78, 5) is 17.4. The number of nitrogens with zero attached hydrogens (tertiary/aromatic N) is 3. The van der Waals surface area contributed by atoms with Gasteiger partial charge in [0.15, 0.2) is 6.10 Å². The molecule has 0 aromatic heterocycles. The summed E-state index contributed by atoms with van der Waals surface area (Å²) in [6.45, 7) is 7.05. The van der Waals surface area contributed by atoms with Crippen LogP contribution in [0.5, 0.6) is 5.75 Å². The second-order valence-electron chi connectivity index (χ2n) is 8.37. The van der Waals surface area contributed by atoms with Crippen LogP contribution >= 0.6 is 11.6 Å². The van der Waals surface area contributed by atoms with Crippen molar-refractivity contribution in [2.45, 2.75) is 26.4 Å². The Kier molecular flexibility index (Phi) is 6.27. The first kappa shape index (κ1) is 22.7. The van der Waals surface area contributed by atoms with E-state index in [0.717, 1.165) is 19.3 Å². The van der Waals surface area contributed by atoms with E-state index in [1.165, 1.54) is 21.1 Å². The maximum atomic E-state index is 13.3. The number of piperazine rings is 1. The molecule has 32 heavy (non-hydrogen) atoms. The van der Waals surface area contributed by atoms with E-state index in [-0.39, 0.29) is 18.9 Å². The van der Waals surface area contributed by atoms with Gasteiger partial charge in [0.1, 0.15) is 5.75 Å². The van der Waals surface area contributed by atoms with Crippen molar-refractivity contribution in [1.82, 2.24) is 4.90 Å². The van der Waals surface area contributed by atoms with Crippen molar-refractivity contribution in [2.24, 2.45) is 0 Å². The summed E-state index contributed by atoms with van der Waals surface area (Å²) in [5, 5.41) is 0.411. The largest absolute Gasteiger partial charge is 0.478 e. The average Bonchev–Trinajstić information content (AvgIpc) is 2.94. The molecular formula is C23H28ClN3O4S. The maximum Gasteiger partial charge on any atom is 0.263 e. The SMILES string of the molecule is Cc1cccc(N2CCN(C(=O)C3CCN(S(C)(=O)=O)c4cc(Cl)ccc4O3)CC2)c1C. The zero-order valence-electron chi connectivity index (χ0n) is 18.5. The van der Waals surface area contributed by atoms with Gasteiger partial charge >= 0.3 is 0 Å². The molecule has 0 bridgehead atoms. The van der Waals surface area contributed by atoms with E-state index in [4.69, 9.17) is 16.3 Å². The number of rotatable bonds is 3. The molecule has 2 aromatic rings. The van der Waals surface area contributed by atoms with Crippen LogP contribution in [-0.4, -0.2) is 64.3 Å². The van der Waals surface area contributed by atoms with Crippen molar-refractivity contribution < 1.29 is 17.9 Å². The van der Waals surface area contributed by atoms with Crippen molar-refractivity contribution >= 4 is 38.9 Å². The molecule has 0 aliphatic carbocycles. The molecule has 172 valence electrons. The van der Waals surface area contributed by atoms with Crippen LogP contribution in [0.15, 0.2) is 36.4 Å². The number of aryl methyl sites for hydroxylation is 1. The highest BCUT2D eigenvalue weighted by Gasteiger charge is 2.34. The molecule has 2 aliphatic heterocycles. The quantitative estimate of drug-likeness (QED) is 0.678. The Morgan fingerprint density at radius 1 is 1.03 bits per heavy atom. The van der Waals surface area contributed by atoms with Crippen LogP contribution in [0.2, 0.25) is 5.02 Å². The average molecular weight is 478 g/mol. The summed E-state index contributed by atoms with van der Waals surface area (Å²) < 4.78 is 32.0. The van der Waals surface area contributed by atoms with Crippen molar-refractivity contribution in [2.75, 3.05) is 48.2 Å². The summed E-state index contributed by atoms with van der Waals surface area (Å²) >= 11 is 6.09. The summed E-state index contributed by atoms with van der Waals surface area (Å²) in [5.41, 5.74) is 4.09. The number of carbonyl (C=O) groups is 1. The number of hydrogen-bond donors (Lipinski definition) is 0. The van der Waals surface area contributed by atoms with Gasteiger partial charge in [-0.3, -0.25) is 9.10 Å². The molecule has 0 radical (unpaired) electrons. The van der Waals surface area contributed by atoms with Crippen molar-refractivity contribution in [3.05, 3.63) is 52.5 Å². The monoisotopic (exact) mass is 477 g/mol. The van der Waals surface area contributed by atoms with E-state index in [2.05, 4.69) is 36.9 Å². The van der Waals surface area contributed by atoms with Gasteiger partial charge in [-0.2, -0.15) is 0 Å². The highest BCUT2D eigenvalue weighted by atomic mass is 35.5. The molecule has 1 amide bonds. The molecule has 2 heterocycles. The van der Waals surface area contributed by atoms with Crippen LogP contribution in [0, 0.1) is 13.8 Å². The lowest BCUT2D eigenvalue weighted by atomic mass is 10.1. The highest BCUT2D eigenvalue weighted by molar-refractivity contribution is 7.92. The minimum Gasteiger partial charge on any atom is -0.478 e. The molecule has 1 unspecified atom stereocenters. The normalized spacial score (nSPS) is 19.2. The molecule has 1 atom stereocenters. The predicted octanol–water partition coefficient (Wildman–Crippen LogP) is 3.22. The first-order valence-corrected chi connectivity index (χ1v) is 12.9. The van der Waals surface area contributed by atoms with Crippen LogP contribution < -0.4 is 13.9 Å². The molecule has 0 saturated carbocycles. The summed E-state index contributed by atoms with van der Waals surface area (Å²) in [6.07, 6.45) is 0.677. The van der Waals surface area contributed by atoms with Gasteiger partial charge in [0, 0.05) is 49.9 Å². The van der Waals surface area contributed by atoms with Crippen LogP contribution in [0.4, 0.5) is 11.4 Å². The highest BCUT2D eigenvalue weighted by Crippen LogP contribution is 2.36. The topological polar surface area (TPSA) is 70.2 Å². The van der Waals surface area contributed by atoms with E-state index in [1.54, 1.807) is 18.2 Å². The maximum absolute atomic E-state index is 13.3. The van der Waals surface area contributed by atoms with Gasteiger partial charge in [-0.15, -0.1) is 0 Å². The minimum absolute atomic E-state index is 0.109. The fourth-order valence-electron chi connectivity index (χ4n) is 4.32. The molecular weight excluding hydrogens is 450 g/mol. The summed E-state index contributed by atoms with van der Waals surface area (Å²) in [6, 6.07) is 11.1. The molecule has 1 saturated heterocycles. The first-order valence-electron chi connectivity index (χ1n) is 10.7. The number of carbonyl (C=O) groups excluding carboxylic acids is 1. The van der Waals surface area contributed by atoms with E-state index in [1.807, 2.05) is 4.90 Å². The number of ether oxygens (including phenoxy) is 1. The number of halogens is 1. The number of benzene rings is 2. The van der Waals surface area contributed by atoms with Gasteiger partial charge in [0.2, 0.25) is 10.0 Å². The summed E-state index contributed by atoms with van der Waals surface area (Å²) in [5.74, 6) is 0.242. The van der Waals surface area contributed by atoms with Crippen molar-refractivity contribution in [3.63, 3.8) is 0 Å². The number of amides is 1. The van der Waals surface area contributed by atoms with Gasteiger partial charge in [-0.25, -0.2) is 8.42 Å². The lowest BCUT2D eigenvalue weighted by Gasteiger charge is -2.38. The van der Waals surface area contributed by atoms with Crippen LogP contribution in [0.25, 0.3) is 0 Å². The first-order chi connectivity index (χ1) is 15.1. The van der Waals surface area contributed by atoms with E-state index >= 15 is 0 Å². The second kappa shape index (κ2) is 8.83. The molecule has 0 spiro atoms. The van der Waals surface area contributed by atoms with Gasteiger partial charge in [0.25, 0.3) is 5.91 Å². The molecule has 0 N–H and O–H groups in total. The number of hydrogen-bond acceptors (Lipinski definition) is 5. The van der Waals surface area contributed by atoms with Gasteiger partial charge < -0.3 is 14.5 Å². The van der Waals surface area contributed by atoms with Gasteiger partial charge in [0.05, 0.1) is 11.9 Å². The van der Waals surface area contributed by atoms with E-state index < -0.39 is 16.1 Å². The Balaban J connectivity index is 1.49. The number of fused-ring (bicyclic) bond motifs is 1. The standard InChI is InChI=1S/C23H28ClN3O4S/c1-16-5-4-6-19(17(16)2)25-11-13-26(14-12-25)23(28)22-9-10-27(32(3,29)30)20-15-18(24)7-8-21(20)31-22/h4-8,15,22H,9-14H2,1-3H3. The van der Waals surface area contributed by atoms with Crippen LogP contribution in [0.1, 0.15) is 17.5 Å². The van der Waals surface area contributed by atoms with E-state index in [9.17, 15) is 13.2 Å². The van der Waals surface area contributed by atoms with Gasteiger partial charge in [-0.1, -0.05) is 23.7 Å². The zero-order valence-corrected chi connectivity index (χ0v) is 20.1. The third kappa shape index (κ3) is 4.52. The van der Waals surface area contributed by atoms with Crippen molar-refractivity contribution in [1.29, 1.82) is 0 Å². The Morgan fingerprint density at radius 2 is 1.75 bits per heavy atom. The Bertz CT molecular complexity index is 1130. The molecule has 1 fully saturated rings. The fraction of sp³-hybridized carbons (Fsp3) is 0.435. The molecule has 7 nitrogen and oxygen atoms in total. The third-order valence-electron chi connectivity index (χ3n) is 6.24. The van der Waals surface area contributed by atoms with Crippen LogP contribution in [-0.2, 0) is 14.8 Å². The Labute approximate surface area is 194 Å². The number of anilines is 2.